The number of piperidine rings is 1. The van der Waals surface area contributed by atoms with Crippen LogP contribution in [0.2, 0.25) is 0 Å². The van der Waals surface area contributed by atoms with Gasteiger partial charge in [0.1, 0.15) is 0 Å². The van der Waals surface area contributed by atoms with Crippen LogP contribution in [-0.2, 0) is 16.2 Å². The molecule has 0 radical (unpaired) electrons. The molecule has 0 amide bonds. The van der Waals surface area contributed by atoms with Gasteiger partial charge in [0.05, 0.1) is 10.5 Å². The molecule has 1 heterocycles. The van der Waals surface area contributed by atoms with Gasteiger partial charge in [-0.25, -0.2) is 13.1 Å². The average Bonchev–Trinajstić information content (AvgIpc) is 2.37. The highest BCUT2D eigenvalue weighted by Crippen LogP contribution is 2.31. The lowest BCUT2D eigenvalue weighted by molar-refractivity contribution is -0.137. The molecule has 0 atom stereocenters. The van der Waals surface area contributed by atoms with E-state index in [1.807, 2.05) is 0 Å². The minimum Gasteiger partial charge on any atom is -0.317 e. The predicted octanol–water partition coefficient (Wildman–Crippen LogP) is 2.47. The van der Waals surface area contributed by atoms with Crippen LogP contribution in [0.15, 0.2) is 23.1 Å². The molecule has 0 spiro atoms. The molecule has 1 aromatic carbocycles. The Morgan fingerprint density at radius 1 is 1.23 bits per heavy atom. The molecule has 1 aliphatic heterocycles. The van der Waals surface area contributed by atoms with Crippen LogP contribution in [0.1, 0.15) is 24.0 Å². The fourth-order valence-electron chi connectivity index (χ4n) is 2.35. The van der Waals surface area contributed by atoms with Gasteiger partial charge in [-0.2, -0.15) is 13.2 Å². The van der Waals surface area contributed by atoms with Gasteiger partial charge >= 0.3 is 6.18 Å². The number of sulfonamides is 1. The van der Waals surface area contributed by atoms with E-state index in [9.17, 15) is 21.6 Å². The molecule has 0 unspecified atom stereocenters. The van der Waals surface area contributed by atoms with Gasteiger partial charge in [0.2, 0.25) is 10.0 Å². The summed E-state index contributed by atoms with van der Waals surface area (Å²) in [6, 6.07) is 2.49. The van der Waals surface area contributed by atoms with E-state index in [4.69, 9.17) is 0 Å². The Hall–Kier alpha value is -0.830. The molecule has 2 rings (SSSR count). The van der Waals surface area contributed by atoms with E-state index in [-0.39, 0.29) is 28.9 Å². The molecule has 22 heavy (non-hydrogen) atoms. The van der Waals surface area contributed by atoms with Crippen molar-refractivity contribution in [2.75, 3.05) is 13.1 Å². The molecule has 2 N–H and O–H groups in total. The minimum atomic E-state index is -4.48. The van der Waals surface area contributed by atoms with Crippen molar-refractivity contribution in [1.82, 2.24) is 10.0 Å². The number of halogens is 4. The first kappa shape index (κ1) is 19.2. The van der Waals surface area contributed by atoms with E-state index >= 15 is 0 Å². The molecule has 1 saturated heterocycles. The van der Waals surface area contributed by atoms with E-state index in [1.165, 1.54) is 6.92 Å². The Bertz CT molecular complexity index is 614. The van der Waals surface area contributed by atoms with Gasteiger partial charge < -0.3 is 5.32 Å². The van der Waals surface area contributed by atoms with Gasteiger partial charge in [-0.3, -0.25) is 0 Å². The Morgan fingerprint density at radius 3 is 2.32 bits per heavy atom. The summed E-state index contributed by atoms with van der Waals surface area (Å²) >= 11 is 0. The molecular formula is C13H18ClF3N2O2S. The number of rotatable bonds is 3. The third-order valence-electron chi connectivity index (χ3n) is 3.45. The highest BCUT2D eigenvalue weighted by atomic mass is 35.5. The van der Waals surface area contributed by atoms with Crippen molar-refractivity contribution in [3.8, 4) is 0 Å². The van der Waals surface area contributed by atoms with Crippen LogP contribution in [0.4, 0.5) is 13.2 Å². The summed E-state index contributed by atoms with van der Waals surface area (Å²) in [4.78, 5) is -0.103. The molecule has 0 aliphatic carbocycles. The molecule has 0 aromatic heterocycles. The minimum absolute atomic E-state index is 0. The Kier molecular flexibility index (Phi) is 6.26. The molecule has 9 heteroatoms. The van der Waals surface area contributed by atoms with Crippen LogP contribution in [0.25, 0.3) is 0 Å². The molecular weight excluding hydrogens is 341 g/mol. The maximum Gasteiger partial charge on any atom is 0.416 e. The number of benzene rings is 1. The van der Waals surface area contributed by atoms with Crippen molar-refractivity contribution in [2.24, 2.45) is 0 Å². The maximum absolute atomic E-state index is 12.6. The second-order valence-electron chi connectivity index (χ2n) is 5.12. The summed E-state index contributed by atoms with van der Waals surface area (Å²) in [7, 11) is -3.80. The molecule has 0 saturated carbocycles. The molecule has 126 valence electrons. The number of aryl methyl sites for hydroxylation is 1. The Morgan fingerprint density at radius 2 is 1.82 bits per heavy atom. The van der Waals surface area contributed by atoms with Gasteiger partial charge in [0.15, 0.2) is 0 Å². The smallest absolute Gasteiger partial charge is 0.317 e. The van der Waals surface area contributed by atoms with Crippen molar-refractivity contribution in [3.63, 3.8) is 0 Å². The third-order valence-corrected chi connectivity index (χ3v) is 5.13. The van der Waals surface area contributed by atoms with Gasteiger partial charge in [-0.1, -0.05) is 0 Å². The fourth-order valence-corrected chi connectivity index (χ4v) is 3.88. The standard InChI is InChI=1S/C13H17F3N2O2S.ClH/c1-9-8-10(13(14,15)16)2-3-12(9)21(19,20)18-11-4-6-17-7-5-11;/h2-3,8,11,17-18H,4-7H2,1H3;1H. The summed E-state index contributed by atoms with van der Waals surface area (Å²) < 4.78 is 64.9. The topological polar surface area (TPSA) is 58.2 Å². The van der Waals surface area contributed by atoms with Gasteiger partial charge in [-0.15, -0.1) is 12.4 Å². The quantitative estimate of drug-likeness (QED) is 0.872. The number of alkyl halides is 3. The van der Waals surface area contributed by atoms with Crippen molar-refractivity contribution in [1.29, 1.82) is 0 Å². The zero-order valence-corrected chi connectivity index (χ0v) is 13.5. The summed E-state index contributed by atoms with van der Waals surface area (Å²) in [6.45, 7) is 2.81. The lowest BCUT2D eigenvalue weighted by Gasteiger charge is -2.24. The van der Waals surface area contributed by atoms with Crippen LogP contribution in [-0.4, -0.2) is 27.5 Å². The monoisotopic (exact) mass is 358 g/mol. The summed E-state index contributed by atoms with van der Waals surface area (Å²) in [5.74, 6) is 0. The lowest BCUT2D eigenvalue weighted by Crippen LogP contribution is -2.42. The average molecular weight is 359 g/mol. The zero-order chi connectivity index (χ0) is 15.7. The van der Waals surface area contributed by atoms with E-state index < -0.39 is 21.8 Å². The van der Waals surface area contributed by atoms with Crippen LogP contribution in [0.3, 0.4) is 0 Å². The third kappa shape index (κ3) is 4.58. The van der Waals surface area contributed by atoms with E-state index in [2.05, 4.69) is 10.0 Å². The summed E-state index contributed by atoms with van der Waals surface area (Å²) in [6.07, 6.45) is -3.15. The van der Waals surface area contributed by atoms with Crippen molar-refractivity contribution in [2.45, 2.75) is 36.9 Å². The maximum atomic E-state index is 12.6. The predicted molar refractivity (Wildman–Crippen MR) is 79.6 cm³/mol. The molecule has 1 aliphatic rings. The molecule has 0 bridgehead atoms. The zero-order valence-electron chi connectivity index (χ0n) is 11.9. The fraction of sp³-hybridized carbons (Fsp3) is 0.538. The Labute approximate surface area is 133 Å². The molecule has 1 fully saturated rings. The Balaban J connectivity index is 0.00000242. The van der Waals surface area contributed by atoms with Crippen molar-refractivity contribution >= 4 is 22.4 Å². The summed E-state index contributed by atoms with van der Waals surface area (Å²) in [5.41, 5.74) is -0.757. The lowest BCUT2D eigenvalue weighted by atomic mass is 10.1. The van der Waals surface area contributed by atoms with Crippen LogP contribution < -0.4 is 10.0 Å². The van der Waals surface area contributed by atoms with Gasteiger partial charge in [0, 0.05) is 6.04 Å². The molecule has 4 nitrogen and oxygen atoms in total. The number of nitrogens with one attached hydrogen (secondary N) is 2. The highest BCUT2D eigenvalue weighted by molar-refractivity contribution is 7.89. The first-order valence-electron chi connectivity index (χ1n) is 6.61. The second-order valence-corrected chi connectivity index (χ2v) is 6.81. The molecule has 1 aromatic rings. The van der Waals surface area contributed by atoms with E-state index in [1.54, 1.807) is 0 Å². The largest absolute Gasteiger partial charge is 0.416 e. The van der Waals surface area contributed by atoms with Crippen molar-refractivity contribution in [3.05, 3.63) is 29.3 Å². The normalized spacial score (nSPS) is 17.1. The van der Waals surface area contributed by atoms with Gasteiger partial charge in [-0.05, 0) is 56.6 Å². The summed E-state index contributed by atoms with van der Waals surface area (Å²) in [5, 5.41) is 3.12. The van der Waals surface area contributed by atoms with Crippen LogP contribution in [0, 0.1) is 6.92 Å². The SMILES string of the molecule is Cc1cc(C(F)(F)F)ccc1S(=O)(=O)NC1CCNCC1.Cl. The number of hydrogen-bond donors (Lipinski definition) is 2. The number of hydrogen-bond acceptors (Lipinski definition) is 3. The van der Waals surface area contributed by atoms with E-state index in [0.29, 0.717) is 12.8 Å². The first-order chi connectivity index (χ1) is 9.70. The van der Waals surface area contributed by atoms with Crippen LogP contribution in [0.5, 0.6) is 0 Å². The van der Waals surface area contributed by atoms with Crippen LogP contribution >= 0.6 is 12.4 Å². The highest BCUT2D eigenvalue weighted by Gasteiger charge is 2.32. The first-order valence-corrected chi connectivity index (χ1v) is 8.09. The van der Waals surface area contributed by atoms with Gasteiger partial charge in [0.25, 0.3) is 0 Å². The van der Waals surface area contributed by atoms with Crippen molar-refractivity contribution < 1.29 is 21.6 Å². The second kappa shape index (κ2) is 7.16. The van der Waals surface area contributed by atoms with E-state index in [0.717, 1.165) is 31.3 Å².